The Kier molecular flexibility index (Phi) is 3.43. The number of aliphatic hydroxyl groups is 2. The minimum absolute atomic E-state index is 0.236. The minimum atomic E-state index is -1.17. The molecule has 4 unspecified atom stereocenters. The molecule has 0 saturated carbocycles. The summed E-state index contributed by atoms with van der Waals surface area (Å²) in [7, 11) is 1.48. The number of aliphatic hydroxyl groups excluding tert-OH is 2. The van der Waals surface area contributed by atoms with E-state index in [-0.39, 0.29) is 11.7 Å². The van der Waals surface area contributed by atoms with E-state index in [0.717, 1.165) is 11.8 Å². The number of thioether (sulfide) groups is 1. The van der Waals surface area contributed by atoms with Crippen LogP contribution in [0.1, 0.15) is 5.37 Å². The highest BCUT2D eigenvalue weighted by atomic mass is 32.2. The number of anilines is 1. The summed E-state index contributed by atoms with van der Waals surface area (Å²) in [4.78, 5) is 23.8. The summed E-state index contributed by atoms with van der Waals surface area (Å²) in [6, 6.07) is 0. The highest BCUT2D eigenvalue weighted by Gasteiger charge is 2.47. The molecule has 1 aliphatic rings. The maximum Gasteiger partial charge on any atom is 0.235 e. The Hall–Kier alpha value is -1.91. The number of imidazole rings is 1. The van der Waals surface area contributed by atoms with Crippen molar-refractivity contribution in [3.63, 3.8) is 0 Å². The van der Waals surface area contributed by atoms with Gasteiger partial charge in [-0.3, -0.25) is 9.36 Å². The molecule has 9 nitrogen and oxygen atoms in total. The molecule has 1 saturated heterocycles. The zero-order chi connectivity index (χ0) is 15.1. The third-order valence-corrected chi connectivity index (χ3v) is 4.98. The van der Waals surface area contributed by atoms with Gasteiger partial charge >= 0.3 is 0 Å². The lowest BCUT2D eigenvalue weighted by molar-refractivity contribution is -0.122. The van der Waals surface area contributed by atoms with Crippen LogP contribution in [0.3, 0.4) is 0 Å². The van der Waals surface area contributed by atoms with Gasteiger partial charge in [0.25, 0.3) is 0 Å². The number of hydrogen-bond donors (Lipinski definition) is 4. The van der Waals surface area contributed by atoms with E-state index in [2.05, 4.69) is 20.3 Å². The number of fused-ring (bicyclic) bond motifs is 1. The number of aromatic nitrogens is 4. The number of rotatable bonds is 2. The molecule has 1 amide bonds. The Balaban J connectivity index is 2.00. The highest BCUT2D eigenvalue weighted by molar-refractivity contribution is 8.01. The number of hydrogen-bond acceptors (Lipinski definition) is 8. The summed E-state index contributed by atoms with van der Waals surface area (Å²) >= 11 is 1.15. The number of nitrogens with zero attached hydrogens (tertiary/aromatic N) is 4. The monoisotopic (exact) mass is 310 g/mol. The molecule has 4 atom stereocenters. The first-order chi connectivity index (χ1) is 10.0. The fraction of sp³-hybridized carbons (Fsp3) is 0.455. The van der Waals surface area contributed by atoms with Gasteiger partial charge in [0.05, 0.1) is 6.33 Å². The molecule has 0 bridgehead atoms. The Morgan fingerprint density at radius 3 is 2.86 bits per heavy atom. The summed E-state index contributed by atoms with van der Waals surface area (Å²) in [5, 5.41) is 21.4. The number of amides is 1. The van der Waals surface area contributed by atoms with Crippen LogP contribution in [0, 0.1) is 0 Å². The van der Waals surface area contributed by atoms with Gasteiger partial charge in [0, 0.05) is 7.05 Å². The lowest BCUT2D eigenvalue weighted by Crippen LogP contribution is -2.39. The fourth-order valence-corrected chi connectivity index (χ4v) is 3.78. The van der Waals surface area contributed by atoms with Gasteiger partial charge in [0.15, 0.2) is 11.5 Å². The van der Waals surface area contributed by atoms with E-state index in [1.54, 1.807) is 4.57 Å². The predicted octanol–water partition coefficient (Wildman–Crippen LogP) is -1.51. The van der Waals surface area contributed by atoms with Crippen LogP contribution in [0.25, 0.3) is 11.2 Å². The largest absolute Gasteiger partial charge is 0.389 e. The van der Waals surface area contributed by atoms with Crippen molar-refractivity contribution in [3.05, 3.63) is 12.7 Å². The Morgan fingerprint density at radius 2 is 2.14 bits per heavy atom. The highest BCUT2D eigenvalue weighted by Crippen LogP contribution is 2.43. The lowest BCUT2D eigenvalue weighted by Gasteiger charge is -2.16. The van der Waals surface area contributed by atoms with Crippen LogP contribution < -0.4 is 11.1 Å². The smallest absolute Gasteiger partial charge is 0.235 e. The van der Waals surface area contributed by atoms with Crippen LogP contribution in [0.5, 0.6) is 0 Å². The molecule has 21 heavy (non-hydrogen) atoms. The maximum absolute atomic E-state index is 11.7. The van der Waals surface area contributed by atoms with E-state index >= 15 is 0 Å². The van der Waals surface area contributed by atoms with Crippen LogP contribution in [0.15, 0.2) is 12.7 Å². The molecular formula is C11H14N6O3S. The summed E-state index contributed by atoms with van der Waals surface area (Å²) in [5.41, 5.74) is 6.59. The topological polar surface area (TPSA) is 139 Å². The molecule has 1 aliphatic heterocycles. The van der Waals surface area contributed by atoms with Crippen LogP contribution in [0.4, 0.5) is 5.82 Å². The molecule has 0 spiro atoms. The van der Waals surface area contributed by atoms with Crippen molar-refractivity contribution in [1.29, 1.82) is 0 Å². The van der Waals surface area contributed by atoms with Crippen LogP contribution >= 0.6 is 11.8 Å². The van der Waals surface area contributed by atoms with Gasteiger partial charge < -0.3 is 21.3 Å². The van der Waals surface area contributed by atoms with Crippen LogP contribution in [0.2, 0.25) is 0 Å². The lowest BCUT2D eigenvalue weighted by atomic mass is 10.1. The molecule has 2 aromatic rings. The Labute approximate surface area is 123 Å². The van der Waals surface area contributed by atoms with Crippen molar-refractivity contribution in [3.8, 4) is 0 Å². The fourth-order valence-electron chi connectivity index (χ4n) is 2.30. The maximum atomic E-state index is 11.7. The van der Waals surface area contributed by atoms with E-state index in [1.165, 1.54) is 19.7 Å². The van der Waals surface area contributed by atoms with Gasteiger partial charge in [-0.1, -0.05) is 0 Å². The molecule has 0 aliphatic carbocycles. The summed E-state index contributed by atoms with van der Waals surface area (Å²) in [5.74, 6) is -0.104. The second kappa shape index (κ2) is 5.13. The van der Waals surface area contributed by atoms with E-state index in [9.17, 15) is 15.0 Å². The number of carbonyl (C=O) groups is 1. The van der Waals surface area contributed by atoms with E-state index in [1.807, 2.05) is 0 Å². The van der Waals surface area contributed by atoms with Gasteiger partial charge in [-0.25, -0.2) is 15.0 Å². The third-order valence-electron chi connectivity index (χ3n) is 3.40. The summed E-state index contributed by atoms with van der Waals surface area (Å²) in [6.45, 7) is 0. The first kappa shape index (κ1) is 14.0. The molecule has 1 fully saturated rings. The molecule has 112 valence electrons. The quantitative estimate of drug-likeness (QED) is 0.525. The number of nitrogen functional groups attached to an aromatic ring is 1. The molecule has 3 rings (SSSR count). The van der Waals surface area contributed by atoms with Gasteiger partial charge in [-0.15, -0.1) is 11.8 Å². The molecule has 0 aromatic carbocycles. The standard InChI is InChI=1S/C11H14N6O3S/c1-13-10(20)7-5(18)6(19)11(21-7)17-3-16-4-8(12)14-2-15-9(4)17/h2-3,5-7,11,18-19H,1H3,(H,13,20)(H2,12,14,15). The zero-order valence-electron chi connectivity index (χ0n) is 11.0. The molecular weight excluding hydrogens is 296 g/mol. The average Bonchev–Trinajstić information content (AvgIpc) is 3.02. The van der Waals surface area contributed by atoms with Crippen molar-refractivity contribution in [2.24, 2.45) is 0 Å². The van der Waals surface area contributed by atoms with Crippen molar-refractivity contribution < 1.29 is 15.0 Å². The van der Waals surface area contributed by atoms with E-state index in [0.29, 0.717) is 11.2 Å². The molecule has 3 heterocycles. The molecule has 5 N–H and O–H groups in total. The minimum Gasteiger partial charge on any atom is -0.389 e. The van der Waals surface area contributed by atoms with Gasteiger partial charge in [0.1, 0.15) is 34.7 Å². The van der Waals surface area contributed by atoms with Crippen molar-refractivity contribution in [2.45, 2.75) is 22.8 Å². The second-order valence-electron chi connectivity index (χ2n) is 4.63. The first-order valence-electron chi connectivity index (χ1n) is 6.20. The van der Waals surface area contributed by atoms with Crippen LogP contribution in [-0.2, 0) is 4.79 Å². The number of nitrogens with one attached hydrogen (secondary N) is 1. The number of carbonyl (C=O) groups excluding carboxylic acids is 1. The zero-order valence-corrected chi connectivity index (χ0v) is 11.9. The molecule has 0 radical (unpaired) electrons. The Bertz CT molecular complexity index is 692. The van der Waals surface area contributed by atoms with Crippen molar-refractivity contribution in [1.82, 2.24) is 24.8 Å². The Morgan fingerprint density at radius 1 is 1.38 bits per heavy atom. The van der Waals surface area contributed by atoms with Crippen molar-refractivity contribution >= 4 is 34.7 Å². The molecule has 10 heteroatoms. The third kappa shape index (κ3) is 2.11. The van der Waals surface area contributed by atoms with Gasteiger partial charge in [-0.05, 0) is 0 Å². The summed E-state index contributed by atoms with van der Waals surface area (Å²) < 4.78 is 1.59. The normalized spacial score (nSPS) is 28.9. The van der Waals surface area contributed by atoms with E-state index in [4.69, 9.17) is 5.73 Å². The second-order valence-corrected chi connectivity index (χ2v) is 5.89. The van der Waals surface area contributed by atoms with E-state index < -0.39 is 22.8 Å². The first-order valence-corrected chi connectivity index (χ1v) is 7.15. The predicted molar refractivity (Wildman–Crippen MR) is 76.2 cm³/mol. The molecule has 2 aromatic heterocycles. The van der Waals surface area contributed by atoms with Crippen LogP contribution in [-0.4, -0.2) is 60.1 Å². The van der Waals surface area contributed by atoms with Crippen molar-refractivity contribution in [2.75, 3.05) is 12.8 Å². The average molecular weight is 310 g/mol. The summed E-state index contributed by atoms with van der Waals surface area (Å²) in [6.07, 6.45) is 0.479. The SMILES string of the molecule is CNC(=O)C1SC(n2cnc3c(N)ncnc32)C(O)C1O. The van der Waals surface area contributed by atoms with Gasteiger partial charge in [0.2, 0.25) is 5.91 Å². The number of nitrogens with two attached hydrogens (primary N) is 1. The van der Waals surface area contributed by atoms with Gasteiger partial charge in [-0.2, -0.15) is 0 Å².